The lowest BCUT2D eigenvalue weighted by Crippen LogP contribution is -2.39. The minimum Gasteiger partial charge on any atom is -0.392 e. The molecule has 2 aliphatic carbocycles. The first-order valence-corrected chi connectivity index (χ1v) is 16.4. The minimum absolute atomic E-state index is 0.0146. The van der Waals surface area contributed by atoms with Gasteiger partial charge in [-0.3, -0.25) is 4.79 Å². The molecule has 2 N–H and O–H groups in total. The molecule has 2 aromatic heterocycles. The van der Waals surface area contributed by atoms with Crippen molar-refractivity contribution in [2.24, 2.45) is 11.8 Å². The van der Waals surface area contributed by atoms with Gasteiger partial charge in [-0.15, -0.1) is 0 Å². The summed E-state index contributed by atoms with van der Waals surface area (Å²) in [7, 11) is 2.04. The number of likely N-dealkylation sites (tertiary alicyclic amines) is 1. The summed E-state index contributed by atoms with van der Waals surface area (Å²) < 4.78 is 21.9. The molecule has 4 aliphatic rings. The molecule has 8 rings (SSSR count). The maximum absolute atomic E-state index is 15.7. The van der Waals surface area contributed by atoms with Crippen LogP contribution >= 0.6 is 0 Å². The van der Waals surface area contributed by atoms with E-state index in [-0.39, 0.29) is 18.6 Å². The number of carbonyl (C=O) groups is 1. The number of carbonyl (C=O) groups excluding carboxylic acids is 1. The smallest absolute Gasteiger partial charge is 0.236 e. The number of hydrogen-bond donors (Lipinski definition) is 2. The van der Waals surface area contributed by atoms with E-state index < -0.39 is 11.6 Å². The average Bonchev–Trinajstić information content (AvgIpc) is 3.87. The van der Waals surface area contributed by atoms with Gasteiger partial charge in [0.25, 0.3) is 0 Å². The van der Waals surface area contributed by atoms with E-state index in [4.69, 9.17) is 4.74 Å². The van der Waals surface area contributed by atoms with E-state index in [1.807, 2.05) is 61.7 Å². The van der Waals surface area contributed by atoms with Crippen LogP contribution in [0, 0.1) is 11.8 Å². The fourth-order valence-electron chi connectivity index (χ4n) is 7.42. The molecule has 8 heteroatoms. The van der Waals surface area contributed by atoms with Gasteiger partial charge >= 0.3 is 0 Å². The van der Waals surface area contributed by atoms with Crippen molar-refractivity contribution in [2.75, 3.05) is 38.2 Å². The Balaban J connectivity index is 1.11. The number of H-pyrrole nitrogens is 1. The SMILES string of the molecule is CN1CCC(F)(c2ccc(-c3cc4c(-c5cccc(N6CCOC7C=C(C8CC8)C=CC7C6=O)c5CO)ccnc4[nH]3)cc2)CC1. The fraction of sp³-hybridized carbons (Fsp3) is 0.368. The van der Waals surface area contributed by atoms with Gasteiger partial charge in [-0.05, 0) is 84.7 Å². The number of fused-ring (bicyclic) bond motifs is 2. The highest BCUT2D eigenvalue weighted by atomic mass is 19.1. The number of amides is 1. The number of halogens is 1. The van der Waals surface area contributed by atoms with Gasteiger partial charge in [-0.2, -0.15) is 0 Å². The molecular weight excluding hydrogens is 579 g/mol. The fourth-order valence-corrected chi connectivity index (χ4v) is 7.42. The van der Waals surface area contributed by atoms with Gasteiger partial charge in [0.1, 0.15) is 11.3 Å². The molecular formula is C38H39FN4O3. The second-order valence-electron chi connectivity index (χ2n) is 13.3. The summed E-state index contributed by atoms with van der Waals surface area (Å²) in [5.41, 5.74) is 6.42. The summed E-state index contributed by atoms with van der Waals surface area (Å²) in [6.07, 6.45) is 11.2. The number of aliphatic hydroxyl groups excluding tert-OH is 1. The lowest BCUT2D eigenvalue weighted by molar-refractivity contribution is -0.122. The number of anilines is 1. The van der Waals surface area contributed by atoms with Crippen molar-refractivity contribution in [3.05, 3.63) is 95.7 Å². The van der Waals surface area contributed by atoms with Crippen molar-refractivity contribution in [1.29, 1.82) is 0 Å². The van der Waals surface area contributed by atoms with Crippen molar-refractivity contribution >= 4 is 22.6 Å². The first-order valence-electron chi connectivity index (χ1n) is 16.4. The van der Waals surface area contributed by atoms with Gasteiger partial charge < -0.3 is 24.6 Å². The van der Waals surface area contributed by atoms with Crippen LogP contribution in [0.5, 0.6) is 0 Å². The Morgan fingerprint density at radius 2 is 1.87 bits per heavy atom. The number of rotatable bonds is 6. The monoisotopic (exact) mass is 618 g/mol. The first-order chi connectivity index (χ1) is 22.4. The Bertz CT molecular complexity index is 1850. The topological polar surface area (TPSA) is 81.7 Å². The van der Waals surface area contributed by atoms with Gasteiger partial charge in [0, 0.05) is 48.2 Å². The Hall–Kier alpha value is -4.11. The zero-order chi connectivity index (χ0) is 31.4. The summed E-state index contributed by atoms with van der Waals surface area (Å²) in [6.45, 7) is 2.11. The number of allylic oxidation sites excluding steroid dienone is 2. The number of aromatic nitrogens is 2. The number of aliphatic hydroxyl groups is 1. The minimum atomic E-state index is -1.29. The molecule has 3 fully saturated rings. The van der Waals surface area contributed by atoms with Crippen LogP contribution in [0.4, 0.5) is 10.1 Å². The third-order valence-corrected chi connectivity index (χ3v) is 10.3. The van der Waals surface area contributed by atoms with Gasteiger partial charge in [0.15, 0.2) is 0 Å². The van der Waals surface area contributed by atoms with E-state index in [0.29, 0.717) is 43.2 Å². The zero-order valence-corrected chi connectivity index (χ0v) is 26.1. The van der Waals surface area contributed by atoms with Crippen LogP contribution in [0.1, 0.15) is 36.8 Å². The lowest BCUT2D eigenvalue weighted by Gasteiger charge is -2.34. The van der Waals surface area contributed by atoms with Crippen LogP contribution < -0.4 is 4.90 Å². The Morgan fingerprint density at radius 1 is 1.07 bits per heavy atom. The summed E-state index contributed by atoms with van der Waals surface area (Å²) in [5.74, 6) is 0.196. The Kier molecular flexibility index (Phi) is 7.39. The predicted octanol–water partition coefficient (Wildman–Crippen LogP) is 6.53. The highest BCUT2D eigenvalue weighted by Gasteiger charge is 2.38. The van der Waals surface area contributed by atoms with Crippen LogP contribution in [0.3, 0.4) is 0 Å². The average molecular weight is 619 g/mol. The third-order valence-electron chi connectivity index (χ3n) is 10.3. The number of benzene rings is 2. The molecule has 0 bridgehead atoms. The standard InChI is InChI=1S/C38H39FN4O3/c1-42-17-14-38(39,15-18-42)27-10-7-25(8-11-27)33-22-31-29(13-16-40-36(31)41-33)28-3-2-4-34(32(28)23-44)43-19-20-46-35-21-26(24-5-6-24)9-12-30(35)37(43)45/h2-4,7-13,16,21-22,24,30,35,44H,5-6,14-15,17-20,23H2,1H3,(H,40,41). The van der Waals surface area contributed by atoms with E-state index in [9.17, 15) is 9.90 Å². The summed E-state index contributed by atoms with van der Waals surface area (Å²) in [4.78, 5) is 26.0. The largest absolute Gasteiger partial charge is 0.392 e. The van der Waals surface area contributed by atoms with Crippen LogP contribution in [-0.2, 0) is 21.8 Å². The predicted molar refractivity (Wildman–Crippen MR) is 178 cm³/mol. The first kappa shape index (κ1) is 29.3. The molecule has 2 aromatic carbocycles. The number of piperidine rings is 1. The molecule has 1 amide bonds. The molecule has 46 heavy (non-hydrogen) atoms. The van der Waals surface area contributed by atoms with Crippen LogP contribution in [-0.4, -0.2) is 65.3 Å². The second kappa shape index (κ2) is 11.6. The number of alkyl halides is 1. The van der Waals surface area contributed by atoms with E-state index in [1.54, 1.807) is 11.1 Å². The number of nitrogens with one attached hydrogen (secondary N) is 1. The number of pyridine rings is 1. The Labute approximate surface area is 268 Å². The Morgan fingerprint density at radius 3 is 2.63 bits per heavy atom. The van der Waals surface area contributed by atoms with E-state index in [0.717, 1.165) is 52.1 Å². The van der Waals surface area contributed by atoms with E-state index >= 15 is 4.39 Å². The summed E-state index contributed by atoms with van der Waals surface area (Å²) >= 11 is 0. The van der Waals surface area contributed by atoms with E-state index in [1.165, 1.54) is 18.4 Å². The van der Waals surface area contributed by atoms with E-state index in [2.05, 4.69) is 33.1 Å². The molecule has 7 nitrogen and oxygen atoms in total. The number of ether oxygens (including phenoxy) is 1. The van der Waals surface area contributed by atoms with Gasteiger partial charge in [-0.1, -0.05) is 54.6 Å². The highest BCUT2D eigenvalue weighted by molar-refractivity contribution is 6.01. The molecule has 0 radical (unpaired) electrons. The number of aromatic amines is 1. The quantitative estimate of drug-likeness (QED) is 0.257. The van der Waals surface area contributed by atoms with Crippen molar-refractivity contribution < 1.29 is 19.0 Å². The molecule has 1 saturated carbocycles. The summed E-state index contributed by atoms with van der Waals surface area (Å²) in [6, 6.07) is 17.6. The molecule has 0 spiro atoms. The molecule has 2 aliphatic heterocycles. The normalized spacial score (nSPS) is 23.3. The molecule has 4 heterocycles. The van der Waals surface area contributed by atoms with Crippen molar-refractivity contribution in [1.82, 2.24) is 14.9 Å². The molecule has 236 valence electrons. The number of hydrogen-bond acceptors (Lipinski definition) is 5. The molecule has 2 unspecified atom stereocenters. The highest BCUT2D eigenvalue weighted by Crippen LogP contribution is 2.42. The molecule has 2 atom stereocenters. The van der Waals surface area contributed by atoms with Crippen LogP contribution in [0.2, 0.25) is 0 Å². The van der Waals surface area contributed by atoms with Crippen molar-refractivity contribution in [3.8, 4) is 22.4 Å². The van der Waals surface area contributed by atoms with Crippen LogP contribution in [0.15, 0.2) is 84.6 Å². The maximum Gasteiger partial charge on any atom is 0.236 e. The second-order valence-corrected chi connectivity index (χ2v) is 13.3. The number of nitrogens with zero attached hydrogens (tertiary/aromatic N) is 3. The van der Waals surface area contributed by atoms with Crippen molar-refractivity contribution in [3.63, 3.8) is 0 Å². The summed E-state index contributed by atoms with van der Waals surface area (Å²) in [5, 5.41) is 11.7. The van der Waals surface area contributed by atoms with Gasteiger partial charge in [-0.25, -0.2) is 9.37 Å². The van der Waals surface area contributed by atoms with Gasteiger partial charge in [0.05, 0.1) is 25.2 Å². The third kappa shape index (κ3) is 5.18. The van der Waals surface area contributed by atoms with Crippen molar-refractivity contribution in [2.45, 2.75) is 44.1 Å². The lowest BCUT2D eigenvalue weighted by atomic mass is 9.86. The van der Waals surface area contributed by atoms with Gasteiger partial charge in [0.2, 0.25) is 5.91 Å². The van der Waals surface area contributed by atoms with Crippen LogP contribution in [0.25, 0.3) is 33.4 Å². The maximum atomic E-state index is 15.7. The molecule has 4 aromatic rings. The molecule has 2 saturated heterocycles. The zero-order valence-electron chi connectivity index (χ0n) is 26.1.